The van der Waals surface area contributed by atoms with E-state index in [2.05, 4.69) is 5.32 Å². The quantitative estimate of drug-likeness (QED) is 0.823. The molecule has 0 saturated heterocycles. The van der Waals surface area contributed by atoms with Crippen LogP contribution in [-0.4, -0.2) is 37.8 Å². The molecule has 2 amide bonds. The summed E-state index contributed by atoms with van der Waals surface area (Å²) in [6, 6.07) is 16.0. The number of likely N-dealkylation sites (N-methyl/N-ethyl adjacent to an activating group) is 1. The summed E-state index contributed by atoms with van der Waals surface area (Å²) in [5.41, 5.74) is 1.00. The Morgan fingerprint density at radius 1 is 1.04 bits per heavy atom. The third-order valence-electron chi connectivity index (χ3n) is 4.06. The van der Waals surface area contributed by atoms with Crippen molar-refractivity contribution in [1.29, 1.82) is 0 Å². The molecule has 6 heteroatoms. The number of nitrogens with zero attached hydrogens (tertiary/aromatic N) is 1. The first kappa shape index (κ1) is 21.3. The van der Waals surface area contributed by atoms with Crippen molar-refractivity contribution < 1.29 is 19.1 Å². The molecule has 2 aromatic rings. The summed E-state index contributed by atoms with van der Waals surface area (Å²) in [4.78, 5) is 26.9. The topological polar surface area (TPSA) is 67.9 Å². The van der Waals surface area contributed by atoms with Crippen molar-refractivity contribution in [2.75, 3.05) is 19.1 Å². The van der Waals surface area contributed by atoms with Gasteiger partial charge in [0.05, 0.1) is 7.11 Å². The molecule has 28 heavy (non-hydrogen) atoms. The van der Waals surface area contributed by atoms with Gasteiger partial charge in [-0.15, -0.1) is 0 Å². The van der Waals surface area contributed by atoms with Gasteiger partial charge in [0.25, 0.3) is 0 Å². The predicted molar refractivity (Wildman–Crippen MR) is 110 cm³/mol. The normalized spacial score (nSPS) is 12.0. The Balaban J connectivity index is 2.20. The smallest absolute Gasteiger partial charge is 0.408 e. The maximum absolute atomic E-state index is 13.1. The molecule has 0 fully saturated rings. The van der Waals surface area contributed by atoms with Crippen LogP contribution in [0.3, 0.4) is 0 Å². The first-order valence-corrected chi connectivity index (χ1v) is 9.14. The monoisotopic (exact) mass is 384 g/mol. The first-order chi connectivity index (χ1) is 13.2. The van der Waals surface area contributed by atoms with Crippen molar-refractivity contribution >= 4 is 17.7 Å². The molecule has 0 bridgehead atoms. The summed E-state index contributed by atoms with van der Waals surface area (Å²) >= 11 is 0. The lowest BCUT2D eigenvalue weighted by Gasteiger charge is -2.27. The summed E-state index contributed by atoms with van der Waals surface area (Å²) in [7, 11) is 3.27. The molecule has 0 heterocycles. The maximum Gasteiger partial charge on any atom is 0.408 e. The predicted octanol–water partition coefficient (Wildman–Crippen LogP) is 3.79. The molecule has 2 rings (SSSR count). The highest BCUT2D eigenvalue weighted by atomic mass is 16.6. The number of carbonyl (C=O) groups is 2. The van der Waals surface area contributed by atoms with Gasteiger partial charge in [0.1, 0.15) is 17.4 Å². The van der Waals surface area contributed by atoms with Crippen LogP contribution < -0.4 is 15.0 Å². The Hall–Kier alpha value is -3.02. The summed E-state index contributed by atoms with van der Waals surface area (Å²) in [6.07, 6.45) is -0.260. The van der Waals surface area contributed by atoms with Crippen LogP contribution in [0.5, 0.6) is 5.75 Å². The molecular weight excluding hydrogens is 356 g/mol. The van der Waals surface area contributed by atoms with Crippen LogP contribution in [0.1, 0.15) is 26.3 Å². The number of anilines is 1. The van der Waals surface area contributed by atoms with E-state index in [0.717, 1.165) is 5.56 Å². The molecule has 0 aliphatic heterocycles. The van der Waals surface area contributed by atoms with Crippen molar-refractivity contribution in [2.24, 2.45) is 0 Å². The molecule has 0 radical (unpaired) electrons. The fourth-order valence-corrected chi connectivity index (χ4v) is 2.67. The van der Waals surface area contributed by atoms with Crippen molar-refractivity contribution in [3.8, 4) is 5.75 Å². The third kappa shape index (κ3) is 6.30. The van der Waals surface area contributed by atoms with Crippen LogP contribution >= 0.6 is 0 Å². The number of carbonyl (C=O) groups excluding carboxylic acids is 2. The van der Waals surface area contributed by atoms with Gasteiger partial charge in [0, 0.05) is 19.2 Å². The number of rotatable bonds is 6. The number of ether oxygens (including phenoxy) is 2. The average molecular weight is 384 g/mol. The number of hydrogen-bond donors (Lipinski definition) is 1. The first-order valence-electron chi connectivity index (χ1n) is 9.14. The highest BCUT2D eigenvalue weighted by molar-refractivity contribution is 5.98. The molecule has 0 aliphatic carbocycles. The van der Waals surface area contributed by atoms with Crippen LogP contribution in [0, 0.1) is 0 Å². The van der Waals surface area contributed by atoms with E-state index in [-0.39, 0.29) is 5.91 Å². The van der Waals surface area contributed by atoms with Crippen LogP contribution in [0.2, 0.25) is 0 Å². The Morgan fingerprint density at radius 2 is 1.64 bits per heavy atom. The molecule has 1 N–H and O–H groups in total. The Labute approximate surface area is 166 Å². The van der Waals surface area contributed by atoms with E-state index in [1.807, 2.05) is 30.3 Å². The molecular formula is C22H28N2O4. The van der Waals surface area contributed by atoms with E-state index in [9.17, 15) is 9.59 Å². The molecule has 150 valence electrons. The van der Waals surface area contributed by atoms with Gasteiger partial charge in [0.15, 0.2) is 0 Å². The van der Waals surface area contributed by atoms with E-state index in [4.69, 9.17) is 9.47 Å². The second-order valence-corrected chi connectivity index (χ2v) is 7.48. The van der Waals surface area contributed by atoms with Crippen molar-refractivity contribution in [3.63, 3.8) is 0 Å². The molecule has 1 unspecified atom stereocenters. The molecule has 0 spiro atoms. The van der Waals surface area contributed by atoms with Crippen LogP contribution in [-0.2, 0) is 16.0 Å². The number of hydrogen-bond acceptors (Lipinski definition) is 4. The second kappa shape index (κ2) is 9.26. The Kier molecular flexibility index (Phi) is 7.04. The van der Waals surface area contributed by atoms with Crippen LogP contribution in [0.15, 0.2) is 54.6 Å². The zero-order valence-electron chi connectivity index (χ0n) is 17.1. The van der Waals surface area contributed by atoms with Gasteiger partial charge in [-0.05, 0) is 50.6 Å². The lowest BCUT2D eigenvalue weighted by molar-refractivity contribution is -0.120. The van der Waals surface area contributed by atoms with Crippen LogP contribution in [0.25, 0.3) is 0 Å². The van der Waals surface area contributed by atoms with Gasteiger partial charge in [-0.2, -0.15) is 0 Å². The van der Waals surface area contributed by atoms with Crippen molar-refractivity contribution in [3.05, 3.63) is 60.2 Å². The summed E-state index contributed by atoms with van der Waals surface area (Å²) in [5, 5.41) is 2.72. The number of nitrogens with one attached hydrogen (secondary N) is 1. The molecule has 0 aliphatic rings. The summed E-state index contributed by atoms with van der Waals surface area (Å²) in [6.45, 7) is 5.35. The summed E-state index contributed by atoms with van der Waals surface area (Å²) in [5.74, 6) is 0.470. The fourth-order valence-electron chi connectivity index (χ4n) is 2.67. The van der Waals surface area contributed by atoms with E-state index in [1.54, 1.807) is 59.2 Å². The fraction of sp³-hybridized carbons (Fsp3) is 0.364. The van der Waals surface area contributed by atoms with Crippen molar-refractivity contribution in [2.45, 2.75) is 38.8 Å². The lowest BCUT2D eigenvalue weighted by atomic mass is 10.0. The SMILES string of the molecule is COc1ccc(N(C)C(=O)C(Cc2ccccc2)NC(=O)OC(C)(C)C)cc1. The molecule has 2 aromatic carbocycles. The van der Waals surface area contributed by atoms with E-state index in [1.165, 1.54) is 4.90 Å². The van der Waals surface area contributed by atoms with Gasteiger partial charge < -0.3 is 19.7 Å². The summed E-state index contributed by atoms with van der Waals surface area (Å²) < 4.78 is 10.5. The maximum atomic E-state index is 13.1. The van der Waals surface area contributed by atoms with E-state index >= 15 is 0 Å². The van der Waals surface area contributed by atoms with Gasteiger partial charge in [-0.25, -0.2) is 4.79 Å². The van der Waals surface area contributed by atoms with Gasteiger partial charge in [-0.1, -0.05) is 30.3 Å². The van der Waals surface area contributed by atoms with E-state index in [0.29, 0.717) is 17.9 Å². The molecule has 0 saturated carbocycles. The Morgan fingerprint density at radius 3 is 2.18 bits per heavy atom. The standard InChI is InChI=1S/C22H28N2O4/c1-22(2,3)28-21(26)23-19(15-16-9-7-6-8-10-16)20(25)24(4)17-11-13-18(27-5)14-12-17/h6-14,19H,15H2,1-5H3,(H,23,26). The number of amides is 2. The highest BCUT2D eigenvalue weighted by Gasteiger charge is 2.27. The zero-order valence-corrected chi connectivity index (χ0v) is 17.1. The van der Waals surface area contributed by atoms with Gasteiger partial charge in [-0.3, -0.25) is 4.79 Å². The second-order valence-electron chi connectivity index (χ2n) is 7.48. The minimum absolute atomic E-state index is 0.236. The molecule has 6 nitrogen and oxygen atoms in total. The number of alkyl carbamates (subject to hydrolysis) is 1. The van der Waals surface area contributed by atoms with Gasteiger partial charge in [0.2, 0.25) is 5.91 Å². The average Bonchev–Trinajstić information content (AvgIpc) is 2.65. The van der Waals surface area contributed by atoms with E-state index < -0.39 is 17.7 Å². The van der Waals surface area contributed by atoms with Gasteiger partial charge >= 0.3 is 6.09 Å². The zero-order chi connectivity index (χ0) is 20.7. The minimum atomic E-state index is -0.760. The number of methoxy groups -OCH3 is 1. The lowest BCUT2D eigenvalue weighted by Crippen LogP contribution is -2.50. The molecule has 0 aromatic heterocycles. The minimum Gasteiger partial charge on any atom is -0.497 e. The van der Waals surface area contributed by atoms with Crippen LogP contribution in [0.4, 0.5) is 10.5 Å². The number of benzene rings is 2. The Bertz CT molecular complexity index is 782. The largest absolute Gasteiger partial charge is 0.497 e. The third-order valence-corrected chi connectivity index (χ3v) is 4.06. The molecule has 1 atom stereocenters. The van der Waals surface area contributed by atoms with Crippen molar-refractivity contribution in [1.82, 2.24) is 5.32 Å². The highest BCUT2D eigenvalue weighted by Crippen LogP contribution is 2.19.